The number of amides is 3. The van der Waals surface area contributed by atoms with Gasteiger partial charge in [-0.15, -0.1) is 0 Å². The van der Waals surface area contributed by atoms with E-state index >= 15 is 0 Å². The average molecular weight is 373 g/mol. The van der Waals surface area contributed by atoms with Crippen LogP contribution < -0.4 is 5.32 Å². The fraction of sp³-hybridized carbons (Fsp3) is 0.619. The maximum atomic E-state index is 12.8. The number of carbonyl (C=O) groups is 2. The lowest BCUT2D eigenvalue weighted by Gasteiger charge is -2.37. The van der Waals surface area contributed by atoms with Crippen LogP contribution in [-0.2, 0) is 16.1 Å². The summed E-state index contributed by atoms with van der Waals surface area (Å²) in [6, 6.07) is 7.59. The van der Waals surface area contributed by atoms with Gasteiger partial charge in [-0.3, -0.25) is 4.79 Å². The van der Waals surface area contributed by atoms with Crippen LogP contribution in [0.5, 0.6) is 0 Å². The molecule has 0 radical (unpaired) electrons. The Morgan fingerprint density at radius 3 is 2.63 bits per heavy atom. The first kappa shape index (κ1) is 19.7. The van der Waals surface area contributed by atoms with Gasteiger partial charge in [-0.2, -0.15) is 0 Å². The molecule has 1 N–H and O–H groups in total. The topological polar surface area (TPSA) is 61.9 Å². The van der Waals surface area contributed by atoms with Gasteiger partial charge in [0.15, 0.2) is 0 Å². The zero-order chi connectivity index (χ0) is 19.2. The van der Waals surface area contributed by atoms with Crippen molar-refractivity contribution in [1.29, 1.82) is 0 Å². The van der Waals surface area contributed by atoms with Crippen molar-refractivity contribution in [3.8, 4) is 0 Å². The average Bonchev–Trinajstić information content (AvgIpc) is 2.68. The van der Waals surface area contributed by atoms with Crippen molar-refractivity contribution in [1.82, 2.24) is 9.80 Å². The monoisotopic (exact) mass is 373 g/mol. The van der Waals surface area contributed by atoms with Crippen molar-refractivity contribution < 1.29 is 14.3 Å². The van der Waals surface area contributed by atoms with Crippen molar-refractivity contribution in [2.75, 3.05) is 38.6 Å². The number of anilines is 1. The molecule has 1 unspecified atom stereocenters. The molecule has 1 aromatic carbocycles. The van der Waals surface area contributed by atoms with Gasteiger partial charge < -0.3 is 19.9 Å². The lowest BCUT2D eigenvalue weighted by atomic mass is 9.93. The van der Waals surface area contributed by atoms with Gasteiger partial charge in [0.1, 0.15) is 0 Å². The van der Waals surface area contributed by atoms with Crippen LogP contribution in [0.4, 0.5) is 10.5 Å². The van der Waals surface area contributed by atoms with E-state index in [0.29, 0.717) is 25.6 Å². The van der Waals surface area contributed by atoms with Gasteiger partial charge in [0.05, 0.1) is 6.61 Å². The van der Waals surface area contributed by atoms with E-state index in [1.54, 1.807) is 7.11 Å². The molecule has 1 aromatic rings. The van der Waals surface area contributed by atoms with E-state index in [0.717, 1.165) is 43.6 Å². The highest BCUT2D eigenvalue weighted by Gasteiger charge is 2.31. The number of hydrogen-bond donors (Lipinski definition) is 1. The van der Waals surface area contributed by atoms with E-state index in [2.05, 4.69) is 12.2 Å². The minimum absolute atomic E-state index is 0.0596. The van der Waals surface area contributed by atoms with Gasteiger partial charge in [-0.05, 0) is 49.3 Å². The molecule has 2 saturated heterocycles. The molecule has 2 aliphatic rings. The summed E-state index contributed by atoms with van der Waals surface area (Å²) < 4.78 is 5.14. The number of carbonyl (C=O) groups excluding carboxylic acids is 2. The third kappa shape index (κ3) is 5.22. The summed E-state index contributed by atoms with van der Waals surface area (Å²) in [6.45, 7) is 5.77. The van der Waals surface area contributed by atoms with E-state index in [4.69, 9.17) is 4.74 Å². The summed E-state index contributed by atoms with van der Waals surface area (Å²) in [4.78, 5) is 29.2. The minimum Gasteiger partial charge on any atom is -0.380 e. The molecule has 0 aliphatic carbocycles. The Hall–Kier alpha value is -2.08. The molecule has 6 heteroatoms. The number of hydrogen-bond acceptors (Lipinski definition) is 3. The number of nitrogens with one attached hydrogen (secondary N) is 1. The van der Waals surface area contributed by atoms with Crippen LogP contribution in [-0.4, -0.2) is 55.0 Å². The fourth-order valence-corrected chi connectivity index (χ4v) is 4.09. The molecule has 3 amide bonds. The van der Waals surface area contributed by atoms with Gasteiger partial charge in [0.25, 0.3) is 0 Å². The van der Waals surface area contributed by atoms with E-state index in [1.807, 2.05) is 34.1 Å². The molecule has 0 spiro atoms. The maximum Gasteiger partial charge on any atom is 0.321 e. The number of piperidine rings is 2. The molecule has 0 bridgehead atoms. The summed E-state index contributed by atoms with van der Waals surface area (Å²) >= 11 is 0. The first-order chi connectivity index (χ1) is 13.1. The van der Waals surface area contributed by atoms with Crippen LogP contribution in [0, 0.1) is 11.8 Å². The van der Waals surface area contributed by atoms with Crippen molar-refractivity contribution in [3.63, 3.8) is 0 Å². The second-order valence-corrected chi connectivity index (χ2v) is 7.86. The van der Waals surface area contributed by atoms with Gasteiger partial charge in [-0.1, -0.05) is 19.1 Å². The molecule has 27 heavy (non-hydrogen) atoms. The van der Waals surface area contributed by atoms with E-state index in [9.17, 15) is 9.59 Å². The van der Waals surface area contributed by atoms with Crippen molar-refractivity contribution >= 4 is 17.6 Å². The Bertz CT molecular complexity index is 656. The summed E-state index contributed by atoms with van der Waals surface area (Å²) in [5.41, 5.74) is 1.80. The van der Waals surface area contributed by atoms with Gasteiger partial charge >= 0.3 is 6.03 Å². The minimum atomic E-state index is -0.0953. The first-order valence-electron chi connectivity index (χ1n) is 9.99. The summed E-state index contributed by atoms with van der Waals surface area (Å²) in [5.74, 6) is 0.945. The van der Waals surface area contributed by atoms with Crippen LogP contribution in [0.25, 0.3) is 0 Å². The summed E-state index contributed by atoms with van der Waals surface area (Å²) in [5, 5.41) is 2.96. The van der Waals surface area contributed by atoms with Crippen molar-refractivity contribution in [3.05, 3.63) is 29.8 Å². The Balaban J connectivity index is 1.49. The fourth-order valence-electron chi connectivity index (χ4n) is 4.09. The van der Waals surface area contributed by atoms with Crippen LogP contribution in [0.1, 0.15) is 38.2 Å². The van der Waals surface area contributed by atoms with Crippen molar-refractivity contribution in [2.45, 2.75) is 39.2 Å². The zero-order valence-electron chi connectivity index (χ0n) is 16.4. The number of urea groups is 1. The molecule has 148 valence electrons. The number of ether oxygens (including phenoxy) is 1. The zero-order valence-corrected chi connectivity index (χ0v) is 16.4. The third-order valence-corrected chi connectivity index (χ3v) is 5.59. The molecule has 0 aromatic heterocycles. The molecule has 0 saturated carbocycles. The van der Waals surface area contributed by atoms with Crippen LogP contribution in [0.15, 0.2) is 24.3 Å². The normalized spacial score (nSPS) is 21.2. The standard InChI is InChI=1S/C21H31N3O3/c1-16-5-4-10-24(14-16)20(25)18-8-11-23(12-9-18)21(26)22-19-7-3-6-17(13-19)15-27-2/h3,6-7,13,16,18H,4-5,8-12,14-15H2,1-2H3,(H,22,26). The SMILES string of the molecule is COCc1cccc(NC(=O)N2CCC(C(=O)N3CCCC(C)C3)CC2)c1. The lowest BCUT2D eigenvalue weighted by molar-refractivity contribution is -0.138. The Morgan fingerprint density at radius 2 is 1.93 bits per heavy atom. The van der Waals surface area contributed by atoms with Crippen LogP contribution in [0.2, 0.25) is 0 Å². The Labute approximate surface area is 161 Å². The molecule has 6 nitrogen and oxygen atoms in total. The van der Waals surface area contributed by atoms with Gasteiger partial charge in [0.2, 0.25) is 5.91 Å². The molecular weight excluding hydrogens is 342 g/mol. The van der Waals surface area contributed by atoms with Gasteiger partial charge in [-0.25, -0.2) is 4.79 Å². The first-order valence-corrected chi connectivity index (χ1v) is 9.99. The van der Waals surface area contributed by atoms with Crippen LogP contribution in [0.3, 0.4) is 0 Å². The predicted octanol–water partition coefficient (Wildman–Crippen LogP) is 3.34. The number of likely N-dealkylation sites (tertiary alicyclic amines) is 2. The quantitative estimate of drug-likeness (QED) is 0.880. The predicted molar refractivity (Wildman–Crippen MR) is 105 cm³/mol. The van der Waals surface area contributed by atoms with E-state index < -0.39 is 0 Å². The Kier molecular flexibility index (Phi) is 6.72. The Morgan fingerprint density at radius 1 is 1.15 bits per heavy atom. The number of methoxy groups -OCH3 is 1. The van der Waals surface area contributed by atoms with E-state index in [1.165, 1.54) is 6.42 Å². The number of rotatable bonds is 4. The smallest absolute Gasteiger partial charge is 0.321 e. The highest BCUT2D eigenvalue weighted by molar-refractivity contribution is 5.89. The third-order valence-electron chi connectivity index (χ3n) is 5.59. The molecule has 3 rings (SSSR count). The largest absolute Gasteiger partial charge is 0.380 e. The highest BCUT2D eigenvalue weighted by atomic mass is 16.5. The lowest BCUT2D eigenvalue weighted by Crippen LogP contribution is -2.47. The highest BCUT2D eigenvalue weighted by Crippen LogP contribution is 2.24. The van der Waals surface area contributed by atoms with Crippen LogP contribution >= 0.6 is 0 Å². The second kappa shape index (κ2) is 9.22. The molecule has 1 atom stereocenters. The molecule has 2 aliphatic heterocycles. The van der Waals surface area contributed by atoms with Gasteiger partial charge in [0, 0.05) is 44.9 Å². The van der Waals surface area contributed by atoms with Crippen molar-refractivity contribution in [2.24, 2.45) is 11.8 Å². The number of benzene rings is 1. The summed E-state index contributed by atoms with van der Waals surface area (Å²) in [6.07, 6.45) is 3.83. The second-order valence-electron chi connectivity index (χ2n) is 7.86. The summed E-state index contributed by atoms with van der Waals surface area (Å²) in [7, 11) is 1.65. The molecule has 2 heterocycles. The maximum absolute atomic E-state index is 12.8. The number of nitrogens with zero attached hydrogens (tertiary/aromatic N) is 2. The van der Waals surface area contributed by atoms with E-state index in [-0.39, 0.29) is 17.9 Å². The molecule has 2 fully saturated rings. The molecular formula is C21H31N3O3.